The van der Waals surface area contributed by atoms with E-state index in [-0.39, 0.29) is 11.3 Å². The summed E-state index contributed by atoms with van der Waals surface area (Å²) in [6, 6.07) is 7.56. The zero-order valence-corrected chi connectivity index (χ0v) is 12.4. The number of hydrogen-bond donors (Lipinski definition) is 2. The molecule has 0 aliphatic rings. The van der Waals surface area contributed by atoms with Crippen molar-refractivity contribution in [2.24, 2.45) is 0 Å². The van der Waals surface area contributed by atoms with E-state index >= 15 is 0 Å². The lowest BCUT2D eigenvalue weighted by Crippen LogP contribution is -2.27. The van der Waals surface area contributed by atoms with E-state index in [4.69, 9.17) is 0 Å². The van der Waals surface area contributed by atoms with Gasteiger partial charge in [0.1, 0.15) is 0 Å². The van der Waals surface area contributed by atoms with Gasteiger partial charge in [0, 0.05) is 17.6 Å². The Hall–Kier alpha value is -1.66. The maximum absolute atomic E-state index is 11.5. The number of hydrogen-bond acceptors (Lipinski definition) is 3. The highest BCUT2D eigenvalue weighted by atomic mass is 32.2. The lowest BCUT2D eigenvalue weighted by Gasteiger charge is -2.06. The highest BCUT2D eigenvalue weighted by Gasteiger charge is 2.05. The van der Waals surface area contributed by atoms with Crippen LogP contribution in [0.1, 0.15) is 18.1 Å². The summed E-state index contributed by atoms with van der Waals surface area (Å²) < 4.78 is 25.2. The SMILES string of the molecule is CCS(=O)(=O)NCCc1ccc2[nH]c(=O)c(C)cc2c1. The second kappa shape index (κ2) is 5.76. The van der Waals surface area contributed by atoms with Crippen LogP contribution in [0, 0.1) is 6.92 Å². The van der Waals surface area contributed by atoms with Crippen LogP contribution < -0.4 is 10.3 Å². The highest BCUT2D eigenvalue weighted by Crippen LogP contribution is 2.13. The van der Waals surface area contributed by atoms with Crippen LogP contribution in [0.3, 0.4) is 0 Å². The molecule has 2 rings (SSSR count). The standard InChI is InChI=1S/C14H18N2O3S/c1-3-20(18,19)15-7-6-11-4-5-13-12(9-11)8-10(2)14(17)16-13/h4-5,8-9,15H,3,6-7H2,1-2H3,(H,16,17). The third-order valence-electron chi connectivity index (χ3n) is 3.21. The molecule has 108 valence electrons. The fourth-order valence-electron chi connectivity index (χ4n) is 1.97. The first kappa shape index (κ1) is 14.7. The van der Waals surface area contributed by atoms with Crippen LogP contribution in [0.5, 0.6) is 0 Å². The Morgan fingerprint density at radius 3 is 2.70 bits per heavy atom. The maximum atomic E-state index is 11.5. The molecule has 2 N–H and O–H groups in total. The topological polar surface area (TPSA) is 79.0 Å². The molecule has 1 heterocycles. The van der Waals surface area contributed by atoms with Crippen molar-refractivity contribution in [2.75, 3.05) is 12.3 Å². The molecule has 0 fully saturated rings. The summed E-state index contributed by atoms with van der Waals surface area (Å²) in [5, 5.41) is 0.956. The van der Waals surface area contributed by atoms with E-state index in [1.54, 1.807) is 13.8 Å². The number of H-pyrrole nitrogens is 1. The summed E-state index contributed by atoms with van der Waals surface area (Å²) in [5.41, 5.74) is 2.41. The van der Waals surface area contributed by atoms with E-state index < -0.39 is 10.0 Å². The van der Waals surface area contributed by atoms with Gasteiger partial charge in [-0.2, -0.15) is 0 Å². The van der Waals surface area contributed by atoms with Crippen LogP contribution in [-0.4, -0.2) is 25.7 Å². The van der Waals surface area contributed by atoms with Gasteiger partial charge in [-0.25, -0.2) is 13.1 Å². The Bertz CT molecular complexity index is 779. The number of rotatable bonds is 5. The molecule has 1 aromatic carbocycles. The van der Waals surface area contributed by atoms with Crippen molar-refractivity contribution >= 4 is 20.9 Å². The molecule has 0 saturated heterocycles. The third-order valence-corrected chi connectivity index (χ3v) is 4.61. The molecule has 2 aromatic rings. The van der Waals surface area contributed by atoms with Crippen molar-refractivity contribution in [3.05, 3.63) is 45.7 Å². The summed E-state index contributed by atoms with van der Waals surface area (Å²) in [6.07, 6.45) is 0.618. The maximum Gasteiger partial charge on any atom is 0.251 e. The van der Waals surface area contributed by atoms with Crippen LogP contribution in [0.4, 0.5) is 0 Å². The average Bonchev–Trinajstić information content (AvgIpc) is 2.40. The molecule has 0 unspecified atom stereocenters. The number of nitrogens with one attached hydrogen (secondary N) is 2. The van der Waals surface area contributed by atoms with Crippen molar-refractivity contribution < 1.29 is 8.42 Å². The minimum atomic E-state index is -3.14. The number of aryl methyl sites for hydroxylation is 1. The van der Waals surface area contributed by atoms with Crippen molar-refractivity contribution in [3.63, 3.8) is 0 Å². The van der Waals surface area contributed by atoms with Gasteiger partial charge in [0.05, 0.1) is 5.75 Å². The highest BCUT2D eigenvalue weighted by molar-refractivity contribution is 7.89. The zero-order chi connectivity index (χ0) is 14.8. The fraction of sp³-hybridized carbons (Fsp3) is 0.357. The van der Waals surface area contributed by atoms with E-state index in [1.165, 1.54) is 0 Å². The number of aromatic amines is 1. The van der Waals surface area contributed by atoms with Crippen molar-refractivity contribution in [2.45, 2.75) is 20.3 Å². The van der Waals surface area contributed by atoms with Crippen LogP contribution in [0.25, 0.3) is 10.9 Å². The summed E-state index contributed by atoms with van der Waals surface area (Å²) >= 11 is 0. The molecular weight excluding hydrogens is 276 g/mol. The summed E-state index contributed by atoms with van der Waals surface area (Å²) in [6.45, 7) is 3.75. The summed E-state index contributed by atoms with van der Waals surface area (Å²) in [4.78, 5) is 14.3. The average molecular weight is 294 g/mol. The molecule has 0 aliphatic heterocycles. The van der Waals surface area contributed by atoms with Gasteiger partial charge in [-0.05, 0) is 49.4 Å². The molecule has 6 heteroatoms. The van der Waals surface area contributed by atoms with Gasteiger partial charge in [0.25, 0.3) is 5.56 Å². The van der Waals surface area contributed by atoms with Gasteiger partial charge < -0.3 is 4.98 Å². The molecule has 0 spiro atoms. The largest absolute Gasteiger partial charge is 0.322 e. The second-order valence-electron chi connectivity index (χ2n) is 4.75. The first-order chi connectivity index (χ1) is 9.41. The van der Waals surface area contributed by atoms with E-state index in [0.29, 0.717) is 18.5 Å². The van der Waals surface area contributed by atoms with Crippen molar-refractivity contribution in [3.8, 4) is 0 Å². The molecule has 0 amide bonds. The summed E-state index contributed by atoms with van der Waals surface area (Å²) in [5.74, 6) is 0.0884. The molecule has 1 aromatic heterocycles. The Morgan fingerprint density at radius 2 is 2.00 bits per heavy atom. The molecule has 5 nitrogen and oxygen atoms in total. The predicted molar refractivity (Wildman–Crippen MR) is 80.5 cm³/mol. The first-order valence-electron chi connectivity index (χ1n) is 6.51. The van der Waals surface area contributed by atoms with Crippen LogP contribution in [0.2, 0.25) is 0 Å². The smallest absolute Gasteiger partial charge is 0.251 e. The van der Waals surface area contributed by atoms with Gasteiger partial charge in [-0.3, -0.25) is 4.79 Å². The summed E-state index contributed by atoms with van der Waals surface area (Å²) in [7, 11) is -3.14. The molecule has 0 saturated carbocycles. The zero-order valence-electron chi connectivity index (χ0n) is 11.6. The number of aromatic nitrogens is 1. The van der Waals surface area contributed by atoms with Crippen molar-refractivity contribution in [1.82, 2.24) is 9.71 Å². The Kier molecular flexibility index (Phi) is 4.25. The molecule has 0 atom stereocenters. The van der Waals surface area contributed by atoms with Crippen LogP contribution in [-0.2, 0) is 16.4 Å². The monoisotopic (exact) mass is 294 g/mol. The second-order valence-corrected chi connectivity index (χ2v) is 6.85. The molecular formula is C14H18N2O3S. The Balaban J connectivity index is 2.16. The number of fused-ring (bicyclic) bond motifs is 1. The normalized spacial score (nSPS) is 11.9. The first-order valence-corrected chi connectivity index (χ1v) is 8.16. The van der Waals surface area contributed by atoms with E-state index in [1.807, 2.05) is 24.3 Å². The van der Waals surface area contributed by atoms with E-state index in [0.717, 1.165) is 16.5 Å². The van der Waals surface area contributed by atoms with Gasteiger partial charge in [-0.1, -0.05) is 6.07 Å². The van der Waals surface area contributed by atoms with E-state index in [9.17, 15) is 13.2 Å². The third kappa shape index (κ3) is 3.46. The van der Waals surface area contributed by atoms with Gasteiger partial charge >= 0.3 is 0 Å². The molecule has 0 aliphatic carbocycles. The minimum absolute atomic E-state index is 0.0824. The van der Waals surface area contributed by atoms with Crippen LogP contribution >= 0.6 is 0 Å². The lowest BCUT2D eigenvalue weighted by atomic mass is 10.1. The Labute approximate surface area is 118 Å². The quantitative estimate of drug-likeness (QED) is 0.873. The number of pyridine rings is 1. The fourth-order valence-corrected chi connectivity index (χ4v) is 2.59. The minimum Gasteiger partial charge on any atom is -0.322 e. The van der Waals surface area contributed by atoms with Gasteiger partial charge in [0.2, 0.25) is 10.0 Å². The van der Waals surface area contributed by atoms with Crippen molar-refractivity contribution in [1.29, 1.82) is 0 Å². The van der Waals surface area contributed by atoms with Gasteiger partial charge in [0.15, 0.2) is 0 Å². The van der Waals surface area contributed by atoms with Gasteiger partial charge in [-0.15, -0.1) is 0 Å². The lowest BCUT2D eigenvalue weighted by molar-refractivity contribution is 0.583. The Morgan fingerprint density at radius 1 is 1.25 bits per heavy atom. The number of sulfonamides is 1. The molecule has 20 heavy (non-hydrogen) atoms. The molecule has 0 radical (unpaired) electrons. The predicted octanol–water partition coefficient (Wildman–Crippen LogP) is 1.32. The molecule has 0 bridgehead atoms. The van der Waals surface area contributed by atoms with E-state index in [2.05, 4.69) is 9.71 Å². The van der Waals surface area contributed by atoms with Crippen LogP contribution in [0.15, 0.2) is 29.1 Å². The number of benzene rings is 1.